The number of carbonyl (C=O) groups is 2. The van der Waals surface area contributed by atoms with E-state index in [4.69, 9.17) is 4.42 Å². The first-order valence-electron chi connectivity index (χ1n) is 9.64. The molecule has 0 radical (unpaired) electrons. The Hall–Kier alpha value is -3.15. The van der Waals surface area contributed by atoms with E-state index in [1.54, 1.807) is 11.8 Å². The molecule has 2 aromatic carbocycles. The molecule has 0 unspecified atom stereocenters. The van der Waals surface area contributed by atoms with Crippen molar-refractivity contribution < 1.29 is 14.0 Å². The number of carbonyl (C=O) groups excluding carboxylic acids is 2. The Labute approximate surface area is 163 Å². The molecule has 2 heterocycles. The predicted molar refractivity (Wildman–Crippen MR) is 109 cm³/mol. The quantitative estimate of drug-likeness (QED) is 0.555. The molecule has 0 saturated carbocycles. The van der Waals surface area contributed by atoms with Gasteiger partial charge in [0, 0.05) is 18.4 Å². The average molecular weight is 377 g/mol. The zero-order chi connectivity index (χ0) is 19.5. The topological polar surface area (TPSA) is 74.9 Å². The number of benzene rings is 2. The minimum Gasteiger partial charge on any atom is -0.455 e. The lowest BCUT2D eigenvalue weighted by atomic mass is 10.1. The molecule has 1 aromatic heterocycles. The normalized spacial score (nSPS) is 15.8. The van der Waals surface area contributed by atoms with Gasteiger partial charge in [0.05, 0.1) is 0 Å². The van der Waals surface area contributed by atoms with Gasteiger partial charge >= 0.3 is 0 Å². The third-order valence-corrected chi connectivity index (χ3v) is 5.14. The fraction of sp³-hybridized carbons (Fsp3) is 0.318. The molecule has 0 atom stereocenters. The van der Waals surface area contributed by atoms with Crippen molar-refractivity contribution in [3.63, 3.8) is 0 Å². The second-order valence-electron chi connectivity index (χ2n) is 7.17. The van der Waals surface area contributed by atoms with Gasteiger partial charge in [0.15, 0.2) is 5.76 Å². The molecule has 28 heavy (non-hydrogen) atoms. The lowest BCUT2D eigenvalue weighted by Crippen LogP contribution is -2.39. The van der Waals surface area contributed by atoms with Crippen LogP contribution in [0.4, 0.5) is 0 Å². The molecule has 0 bridgehead atoms. The highest BCUT2D eigenvalue weighted by Gasteiger charge is 2.19. The third-order valence-electron chi connectivity index (χ3n) is 5.14. The first-order valence-corrected chi connectivity index (χ1v) is 9.64. The number of hydrogen-bond donors (Lipinski definition) is 1. The standard InChI is InChI=1S/C22H23N3O3/c1-15(23-24-21(26)14-25-12-6-2-3-9-22(25)27)20-13-18-17-8-5-4-7-16(17)10-11-19(18)28-20/h4-5,7-8,10-11,13H,2-3,6,9,12,14H2,1H3,(H,24,26)/b23-15-. The number of nitrogens with zero attached hydrogens (tertiary/aromatic N) is 2. The molecule has 0 spiro atoms. The fourth-order valence-corrected chi connectivity index (χ4v) is 3.59. The van der Waals surface area contributed by atoms with Crippen LogP contribution in [-0.2, 0) is 9.59 Å². The van der Waals surface area contributed by atoms with E-state index in [-0.39, 0.29) is 18.4 Å². The van der Waals surface area contributed by atoms with Crippen LogP contribution in [-0.4, -0.2) is 35.5 Å². The molecule has 6 nitrogen and oxygen atoms in total. The first-order chi connectivity index (χ1) is 13.6. The summed E-state index contributed by atoms with van der Waals surface area (Å²) in [7, 11) is 0. The van der Waals surface area contributed by atoms with Crippen molar-refractivity contribution in [3.8, 4) is 0 Å². The monoisotopic (exact) mass is 377 g/mol. The molecule has 1 fully saturated rings. The van der Waals surface area contributed by atoms with Gasteiger partial charge < -0.3 is 9.32 Å². The molecule has 1 N–H and O–H groups in total. The Balaban J connectivity index is 1.48. The number of hydrogen-bond acceptors (Lipinski definition) is 4. The molecule has 4 rings (SSSR count). The summed E-state index contributed by atoms with van der Waals surface area (Å²) in [6.45, 7) is 2.46. The highest BCUT2D eigenvalue weighted by Crippen LogP contribution is 2.28. The van der Waals surface area contributed by atoms with E-state index >= 15 is 0 Å². The molecule has 1 saturated heterocycles. The lowest BCUT2D eigenvalue weighted by Gasteiger charge is -2.18. The van der Waals surface area contributed by atoms with Crippen LogP contribution in [0.2, 0.25) is 0 Å². The molecule has 1 aliphatic heterocycles. The van der Waals surface area contributed by atoms with Crippen LogP contribution in [0.15, 0.2) is 52.0 Å². The van der Waals surface area contributed by atoms with Gasteiger partial charge in [-0.25, -0.2) is 5.43 Å². The Morgan fingerprint density at radius 1 is 1.14 bits per heavy atom. The van der Waals surface area contributed by atoms with Gasteiger partial charge in [-0.05, 0) is 42.7 Å². The second kappa shape index (κ2) is 7.84. The van der Waals surface area contributed by atoms with E-state index in [0.717, 1.165) is 41.0 Å². The number of amides is 2. The molecule has 6 heteroatoms. The minimum atomic E-state index is -0.295. The number of nitrogens with one attached hydrogen (secondary N) is 1. The van der Waals surface area contributed by atoms with Gasteiger partial charge in [0.1, 0.15) is 17.8 Å². The van der Waals surface area contributed by atoms with Crippen LogP contribution in [0.25, 0.3) is 21.7 Å². The number of likely N-dealkylation sites (tertiary alicyclic amines) is 1. The molecule has 3 aromatic rings. The number of fused-ring (bicyclic) bond motifs is 3. The first kappa shape index (κ1) is 18.2. The van der Waals surface area contributed by atoms with E-state index in [1.807, 2.05) is 30.3 Å². The molecule has 0 aliphatic carbocycles. The molecule has 144 valence electrons. The van der Waals surface area contributed by atoms with Gasteiger partial charge in [-0.1, -0.05) is 36.8 Å². The summed E-state index contributed by atoms with van der Waals surface area (Å²) in [5, 5.41) is 7.45. The maximum Gasteiger partial charge on any atom is 0.259 e. The fourth-order valence-electron chi connectivity index (χ4n) is 3.59. The lowest BCUT2D eigenvalue weighted by molar-refractivity contribution is -0.135. The van der Waals surface area contributed by atoms with Gasteiger partial charge in [-0.15, -0.1) is 0 Å². The van der Waals surface area contributed by atoms with E-state index in [0.29, 0.717) is 24.4 Å². The number of rotatable bonds is 4. The van der Waals surface area contributed by atoms with Gasteiger partial charge in [0.2, 0.25) is 5.91 Å². The van der Waals surface area contributed by atoms with Crippen molar-refractivity contribution in [2.24, 2.45) is 5.10 Å². The Morgan fingerprint density at radius 3 is 2.89 bits per heavy atom. The summed E-state index contributed by atoms with van der Waals surface area (Å²) in [6, 6.07) is 14.0. The highest BCUT2D eigenvalue weighted by atomic mass is 16.3. The van der Waals surface area contributed by atoms with Crippen LogP contribution in [0.1, 0.15) is 38.4 Å². The summed E-state index contributed by atoms with van der Waals surface area (Å²) >= 11 is 0. The molecular formula is C22H23N3O3. The molecule has 1 aliphatic rings. The molecule has 2 amide bonds. The zero-order valence-corrected chi connectivity index (χ0v) is 15.9. The summed E-state index contributed by atoms with van der Waals surface area (Å²) in [6.07, 6.45) is 3.38. The van der Waals surface area contributed by atoms with Crippen molar-refractivity contribution in [1.82, 2.24) is 10.3 Å². The molecular weight excluding hydrogens is 354 g/mol. The zero-order valence-electron chi connectivity index (χ0n) is 15.9. The number of hydrazone groups is 1. The van der Waals surface area contributed by atoms with Gasteiger partial charge in [-0.3, -0.25) is 9.59 Å². The average Bonchev–Trinajstić information content (AvgIpc) is 3.06. The van der Waals surface area contributed by atoms with Crippen molar-refractivity contribution in [2.75, 3.05) is 13.1 Å². The predicted octanol–water partition coefficient (Wildman–Crippen LogP) is 3.83. The largest absolute Gasteiger partial charge is 0.455 e. The third kappa shape index (κ3) is 3.76. The van der Waals surface area contributed by atoms with Gasteiger partial charge in [-0.2, -0.15) is 5.10 Å². The Bertz CT molecular complexity index is 1070. The van der Waals surface area contributed by atoms with Crippen LogP contribution in [0.5, 0.6) is 0 Å². The van der Waals surface area contributed by atoms with Crippen molar-refractivity contribution in [3.05, 3.63) is 48.2 Å². The minimum absolute atomic E-state index is 0.0394. The van der Waals surface area contributed by atoms with Crippen molar-refractivity contribution in [2.45, 2.75) is 32.6 Å². The van der Waals surface area contributed by atoms with Crippen LogP contribution in [0.3, 0.4) is 0 Å². The number of furan rings is 1. The Morgan fingerprint density at radius 2 is 2.00 bits per heavy atom. The van der Waals surface area contributed by atoms with Crippen molar-refractivity contribution >= 4 is 39.3 Å². The van der Waals surface area contributed by atoms with E-state index in [9.17, 15) is 9.59 Å². The van der Waals surface area contributed by atoms with E-state index in [2.05, 4.69) is 22.7 Å². The summed E-state index contributed by atoms with van der Waals surface area (Å²) in [4.78, 5) is 25.8. The smallest absolute Gasteiger partial charge is 0.259 e. The van der Waals surface area contributed by atoms with Gasteiger partial charge in [0.25, 0.3) is 5.91 Å². The van der Waals surface area contributed by atoms with Crippen LogP contribution in [0, 0.1) is 0 Å². The van der Waals surface area contributed by atoms with E-state index < -0.39 is 0 Å². The summed E-state index contributed by atoms with van der Waals surface area (Å²) in [5.41, 5.74) is 3.91. The maximum atomic E-state index is 12.2. The van der Waals surface area contributed by atoms with Crippen molar-refractivity contribution in [1.29, 1.82) is 0 Å². The van der Waals surface area contributed by atoms with Crippen LogP contribution >= 0.6 is 0 Å². The Kier molecular flexibility index (Phi) is 5.10. The SMILES string of the molecule is C/C(=N/NC(=O)CN1CCCCCC1=O)c1cc2c(ccc3ccccc32)o1. The summed E-state index contributed by atoms with van der Waals surface area (Å²) in [5.74, 6) is 0.353. The second-order valence-corrected chi connectivity index (χ2v) is 7.17. The summed E-state index contributed by atoms with van der Waals surface area (Å²) < 4.78 is 5.91. The van der Waals surface area contributed by atoms with E-state index in [1.165, 1.54) is 0 Å². The van der Waals surface area contributed by atoms with Crippen LogP contribution < -0.4 is 5.43 Å². The highest BCUT2D eigenvalue weighted by molar-refractivity contribution is 6.09. The maximum absolute atomic E-state index is 12.2.